The van der Waals surface area contributed by atoms with Crippen LogP contribution < -0.4 is 5.32 Å². The molecule has 0 atom stereocenters. The number of hydrogen-bond donors (Lipinski definition) is 1. The van der Waals surface area contributed by atoms with E-state index in [2.05, 4.69) is 11.4 Å². The lowest BCUT2D eigenvalue weighted by Crippen LogP contribution is -2.44. The van der Waals surface area contributed by atoms with Crippen molar-refractivity contribution in [1.29, 1.82) is 5.26 Å². The van der Waals surface area contributed by atoms with E-state index in [4.69, 9.17) is 10.00 Å². The lowest BCUT2D eigenvalue weighted by Gasteiger charge is -2.30. The van der Waals surface area contributed by atoms with Gasteiger partial charge in [-0.25, -0.2) is 4.79 Å². The van der Waals surface area contributed by atoms with Gasteiger partial charge in [0, 0.05) is 6.04 Å². The highest BCUT2D eigenvalue weighted by molar-refractivity contribution is 5.67. The highest BCUT2D eigenvalue weighted by Crippen LogP contribution is 2.26. The average molecular weight is 230 g/mol. The van der Waals surface area contributed by atoms with Gasteiger partial charge >= 0.3 is 6.09 Å². The third-order valence-corrected chi connectivity index (χ3v) is 2.86. The number of nitrogens with one attached hydrogen (secondary N) is 1. The van der Waals surface area contributed by atoms with Crippen molar-refractivity contribution in [3.8, 4) is 6.07 Å². The van der Waals surface area contributed by atoms with E-state index in [1.807, 2.05) is 30.3 Å². The van der Waals surface area contributed by atoms with Gasteiger partial charge in [-0.2, -0.15) is 5.26 Å². The van der Waals surface area contributed by atoms with E-state index in [-0.39, 0.29) is 18.6 Å². The summed E-state index contributed by atoms with van der Waals surface area (Å²) in [7, 11) is 0. The summed E-state index contributed by atoms with van der Waals surface area (Å²) in [6.45, 7) is 0.279. The zero-order valence-electron chi connectivity index (χ0n) is 9.43. The molecule has 2 rings (SSSR count). The maximum absolute atomic E-state index is 11.4. The molecule has 17 heavy (non-hydrogen) atoms. The van der Waals surface area contributed by atoms with Crippen LogP contribution in [0.4, 0.5) is 4.79 Å². The molecule has 1 aromatic rings. The van der Waals surface area contributed by atoms with Gasteiger partial charge in [0.1, 0.15) is 6.61 Å². The van der Waals surface area contributed by atoms with Crippen molar-refractivity contribution in [3.63, 3.8) is 0 Å². The fraction of sp³-hybridized carbons (Fsp3) is 0.385. The van der Waals surface area contributed by atoms with Gasteiger partial charge in [0.05, 0.1) is 12.0 Å². The summed E-state index contributed by atoms with van der Waals surface area (Å²) in [5, 5.41) is 11.3. The molecule has 0 heterocycles. The Morgan fingerprint density at radius 1 is 1.41 bits per heavy atom. The largest absolute Gasteiger partial charge is 0.445 e. The topological polar surface area (TPSA) is 62.1 Å². The number of carbonyl (C=O) groups excluding carboxylic acids is 1. The molecule has 1 fully saturated rings. The van der Waals surface area contributed by atoms with Crippen LogP contribution in [0.5, 0.6) is 0 Å². The molecule has 0 aromatic heterocycles. The van der Waals surface area contributed by atoms with Crippen LogP contribution in [-0.2, 0) is 11.3 Å². The molecule has 1 amide bonds. The molecule has 1 aliphatic carbocycles. The third-order valence-electron chi connectivity index (χ3n) is 2.86. The molecule has 88 valence electrons. The lowest BCUT2D eigenvalue weighted by atomic mass is 9.81. The van der Waals surface area contributed by atoms with Crippen molar-refractivity contribution in [2.24, 2.45) is 5.92 Å². The fourth-order valence-corrected chi connectivity index (χ4v) is 1.77. The van der Waals surface area contributed by atoms with Gasteiger partial charge in [-0.3, -0.25) is 0 Å². The second kappa shape index (κ2) is 5.35. The van der Waals surface area contributed by atoms with Gasteiger partial charge in [0.25, 0.3) is 0 Å². The maximum Gasteiger partial charge on any atom is 0.407 e. The first-order valence-corrected chi connectivity index (χ1v) is 5.65. The Morgan fingerprint density at radius 3 is 2.76 bits per heavy atom. The molecule has 0 aliphatic heterocycles. The summed E-state index contributed by atoms with van der Waals surface area (Å²) < 4.78 is 5.07. The van der Waals surface area contributed by atoms with E-state index in [0.29, 0.717) is 0 Å². The molecule has 0 spiro atoms. The van der Waals surface area contributed by atoms with Crippen LogP contribution in [0, 0.1) is 17.2 Å². The minimum absolute atomic E-state index is 0.0921. The van der Waals surface area contributed by atoms with Gasteiger partial charge in [-0.05, 0) is 18.4 Å². The van der Waals surface area contributed by atoms with Gasteiger partial charge in [-0.15, -0.1) is 0 Å². The summed E-state index contributed by atoms with van der Waals surface area (Å²) in [4.78, 5) is 11.4. The van der Waals surface area contributed by atoms with Crippen LogP contribution in [0.1, 0.15) is 18.4 Å². The van der Waals surface area contributed by atoms with Crippen LogP contribution in [0.25, 0.3) is 0 Å². The van der Waals surface area contributed by atoms with Crippen LogP contribution in [-0.4, -0.2) is 12.1 Å². The number of amides is 1. The minimum Gasteiger partial charge on any atom is -0.445 e. The predicted octanol–water partition coefficient (Wildman–Crippen LogP) is 2.21. The molecule has 0 saturated heterocycles. The highest BCUT2D eigenvalue weighted by atomic mass is 16.5. The monoisotopic (exact) mass is 230 g/mol. The van der Waals surface area contributed by atoms with Crippen LogP contribution in [0.2, 0.25) is 0 Å². The van der Waals surface area contributed by atoms with Crippen LogP contribution in [0.15, 0.2) is 30.3 Å². The molecule has 4 heteroatoms. The van der Waals surface area contributed by atoms with E-state index >= 15 is 0 Å². The fourth-order valence-electron chi connectivity index (χ4n) is 1.77. The van der Waals surface area contributed by atoms with Crippen molar-refractivity contribution in [1.82, 2.24) is 5.32 Å². The number of nitriles is 1. The molecule has 1 aliphatic rings. The average Bonchev–Trinajstić information content (AvgIpc) is 2.32. The zero-order valence-corrected chi connectivity index (χ0v) is 9.43. The second-order valence-corrected chi connectivity index (χ2v) is 4.20. The number of hydrogen-bond acceptors (Lipinski definition) is 3. The van der Waals surface area contributed by atoms with E-state index in [0.717, 1.165) is 18.4 Å². The molecule has 0 unspecified atom stereocenters. The Bertz CT molecular complexity index is 419. The van der Waals surface area contributed by atoms with Crippen molar-refractivity contribution in [2.45, 2.75) is 25.5 Å². The highest BCUT2D eigenvalue weighted by Gasteiger charge is 2.30. The van der Waals surface area contributed by atoms with Gasteiger partial charge in [-0.1, -0.05) is 30.3 Å². The number of ether oxygens (including phenoxy) is 1. The molecule has 0 bridgehead atoms. The lowest BCUT2D eigenvalue weighted by molar-refractivity contribution is 0.126. The van der Waals surface area contributed by atoms with Crippen LogP contribution in [0.3, 0.4) is 0 Å². The van der Waals surface area contributed by atoms with E-state index in [1.165, 1.54) is 0 Å². The third kappa shape index (κ3) is 3.22. The predicted molar refractivity (Wildman–Crippen MR) is 61.9 cm³/mol. The Labute approximate surface area is 100 Å². The van der Waals surface area contributed by atoms with Crippen molar-refractivity contribution in [2.75, 3.05) is 0 Å². The van der Waals surface area contributed by atoms with E-state index in [1.54, 1.807) is 0 Å². The summed E-state index contributed by atoms with van der Waals surface area (Å²) in [5.74, 6) is 0.0921. The molecule has 4 nitrogen and oxygen atoms in total. The molecule has 1 aromatic carbocycles. The smallest absolute Gasteiger partial charge is 0.407 e. The molecule has 1 saturated carbocycles. The first-order valence-electron chi connectivity index (χ1n) is 5.65. The van der Waals surface area contributed by atoms with Gasteiger partial charge < -0.3 is 10.1 Å². The zero-order chi connectivity index (χ0) is 12.1. The minimum atomic E-state index is -0.407. The summed E-state index contributed by atoms with van der Waals surface area (Å²) in [6, 6.07) is 11.8. The Hall–Kier alpha value is -2.02. The molecule has 0 radical (unpaired) electrons. The molecular weight excluding hydrogens is 216 g/mol. The second-order valence-electron chi connectivity index (χ2n) is 4.20. The summed E-state index contributed by atoms with van der Waals surface area (Å²) in [5.41, 5.74) is 0.964. The molecule has 1 N–H and O–H groups in total. The van der Waals surface area contributed by atoms with Crippen LogP contribution >= 0.6 is 0 Å². The van der Waals surface area contributed by atoms with Gasteiger partial charge in [0.15, 0.2) is 0 Å². The first kappa shape index (κ1) is 11.5. The number of rotatable bonds is 3. The quantitative estimate of drug-likeness (QED) is 0.866. The Balaban J connectivity index is 1.67. The van der Waals surface area contributed by atoms with E-state index in [9.17, 15) is 4.79 Å². The van der Waals surface area contributed by atoms with Crippen molar-refractivity contribution < 1.29 is 9.53 Å². The number of alkyl carbamates (subject to hydrolysis) is 1. The normalized spacial score (nSPS) is 22.1. The van der Waals surface area contributed by atoms with Gasteiger partial charge in [0.2, 0.25) is 0 Å². The van der Waals surface area contributed by atoms with Crippen molar-refractivity contribution in [3.05, 3.63) is 35.9 Å². The molecular formula is C13H14N2O2. The number of nitrogens with zero attached hydrogens (tertiary/aromatic N) is 1. The Kier molecular flexibility index (Phi) is 3.61. The van der Waals surface area contributed by atoms with E-state index < -0.39 is 6.09 Å². The standard InChI is InChI=1S/C13H14N2O2/c14-8-11-6-12(7-11)15-13(16)17-9-10-4-2-1-3-5-10/h1-5,11-12H,6-7,9H2,(H,15,16). The number of carbonyl (C=O) groups is 1. The maximum atomic E-state index is 11.4. The Morgan fingerprint density at radius 2 is 2.12 bits per heavy atom. The summed E-state index contributed by atoms with van der Waals surface area (Å²) >= 11 is 0. The van der Waals surface area contributed by atoms with Crippen molar-refractivity contribution >= 4 is 6.09 Å². The first-order chi connectivity index (χ1) is 8.28. The summed E-state index contributed by atoms with van der Waals surface area (Å²) in [6.07, 6.45) is 1.06. The SMILES string of the molecule is N#CC1CC(NC(=O)OCc2ccccc2)C1. The number of benzene rings is 1.